The van der Waals surface area contributed by atoms with Gasteiger partial charge in [-0.2, -0.15) is 0 Å². The van der Waals surface area contributed by atoms with Crippen molar-refractivity contribution >= 4 is 5.91 Å². The standard InChI is InChI=1S/C20H24N2O2/c1-24-17-8-6-14(7-9-17)18-12-15-4-2-3-5-16(15)13-19(18)20(23)22-11-10-21/h6-9,12-13H,2-5,10-11,21H2,1H3,(H,22,23). The SMILES string of the molecule is COc1ccc(-c2cc3c(cc2C(=O)NCCN)CCCC3)cc1. The quantitative estimate of drug-likeness (QED) is 0.889. The van der Waals surface area contributed by atoms with Crippen molar-refractivity contribution in [2.24, 2.45) is 5.73 Å². The number of benzene rings is 2. The lowest BCUT2D eigenvalue weighted by Crippen LogP contribution is -2.29. The van der Waals surface area contributed by atoms with E-state index in [0.29, 0.717) is 13.1 Å². The zero-order valence-corrected chi connectivity index (χ0v) is 14.1. The second-order valence-electron chi connectivity index (χ2n) is 6.15. The molecule has 1 amide bonds. The zero-order valence-electron chi connectivity index (χ0n) is 14.1. The summed E-state index contributed by atoms with van der Waals surface area (Å²) in [7, 11) is 1.65. The van der Waals surface area contributed by atoms with Gasteiger partial charge < -0.3 is 15.8 Å². The molecule has 3 rings (SSSR count). The third-order valence-corrected chi connectivity index (χ3v) is 4.56. The van der Waals surface area contributed by atoms with Crippen molar-refractivity contribution in [2.45, 2.75) is 25.7 Å². The molecule has 24 heavy (non-hydrogen) atoms. The lowest BCUT2D eigenvalue weighted by atomic mass is 9.86. The molecule has 0 radical (unpaired) electrons. The van der Waals surface area contributed by atoms with Crippen LogP contribution < -0.4 is 15.8 Å². The number of ether oxygens (including phenoxy) is 1. The van der Waals surface area contributed by atoms with Crippen LogP contribution in [0.25, 0.3) is 11.1 Å². The van der Waals surface area contributed by atoms with E-state index in [-0.39, 0.29) is 5.91 Å². The van der Waals surface area contributed by atoms with Crippen LogP contribution in [0.1, 0.15) is 34.3 Å². The Hall–Kier alpha value is -2.33. The summed E-state index contributed by atoms with van der Waals surface area (Å²) in [6.07, 6.45) is 4.55. The van der Waals surface area contributed by atoms with Gasteiger partial charge in [-0.25, -0.2) is 0 Å². The Labute approximate surface area is 143 Å². The number of rotatable bonds is 5. The highest BCUT2D eigenvalue weighted by molar-refractivity contribution is 6.01. The average molecular weight is 324 g/mol. The van der Waals surface area contributed by atoms with Gasteiger partial charge in [0.2, 0.25) is 0 Å². The number of aryl methyl sites for hydroxylation is 2. The van der Waals surface area contributed by atoms with Crippen LogP contribution in [0.3, 0.4) is 0 Å². The van der Waals surface area contributed by atoms with Crippen molar-refractivity contribution in [3.8, 4) is 16.9 Å². The number of nitrogens with two attached hydrogens (primary N) is 1. The molecule has 0 aliphatic heterocycles. The molecular weight excluding hydrogens is 300 g/mol. The maximum Gasteiger partial charge on any atom is 0.251 e. The average Bonchev–Trinajstić information content (AvgIpc) is 2.65. The van der Waals surface area contributed by atoms with Crippen LogP contribution in [0.2, 0.25) is 0 Å². The number of hydrogen-bond acceptors (Lipinski definition) is 3. The van der Waals surface area contributed by atoms with Crippen LogP contribution in [0.15, 0.2) is 36.4 Å². The van der Waals surface area contributed by atoms with E-state index in [1.54, 1.807) is 7.11 Å². The van der Waals surface area contributed by atoms with Gasteiger partial charge in [0, 0.05) is 18.7 Å². The van der Waals surface area contributed by atoms with Crippen LogP contribution in [0.4, 0.5) is 0 Å². The second-order valence-corrected chi connectivity index (χ2v) is 6.15. The van der Waals surface area contributed by atoms with Gasteiger partial charge in [-0.3, -0.25) is 4.79 Å². The first kappa shape index (κ1) is 16.5. The topological polar surface area (TPSA) is 64.3 Å². The lowest BCUT2D eigenvalue weighted by Gasteiger charge is -2.20. The van der Waals surface area contributed by atoms with Gasteiger partial charge in [0.15, 0.2) is 0 Å². The Bertz CT molecular complexity index is 723. The maximum atomic E-state index is 12.6. The molecule has 0 atom stereocenters. The molecule has 0 fully saturated rings. The Morgan fingerprint density at radius 1 is 1.12 bits per heavy atom. The van der Waals surface area contributed by atoms with Crippen LogP contribution in [0, 0.1) is 0 Å². The van der Waals surface area contributed by atoms with Gasteiger partial charge in [0.1, 0.15) is 5.75 Å². The first-order valence-corrected chi connectivity index (χ1v) is 8.51. The summed E-state index contributed by atoms with van der Waals surface area (Å²) >= 11 is 0. The lowest BCUT2D eigenvalue weighted by molar-refractivity contribution is 0.0955. The Morgan fingerprint density at radius 2 is 1.79 bits per heavy atom. The van der Waals surface area contributed by atoms with Crippen LogP contribution in [0.5, 0.6) is 5.75 Å². The minimum atomic E-state index is -0.0559. The highest BCUT2D eigenvalue weighted by Gasteiger charge is 2.18. The zero-order chi connectivity index (χ0) is 16.9. The number of nitrogens with one attached hydrogen (secondary N) is 1. The summed E-state index contributed by atoms with van der Waals surface area (Å²) in [6, 6.07) is 12.1. The summed E-state index contributed by atoms with van der Waals surface area (Å²) in [5.41, 5.74) is 10.9. The number of fused-ring (bicyclic) bond motifs is 1. The number of hydrogen-bond donors (Lipinski definition) is 2. The van der Waals surface area contributed by atoms with Gasteiger partial charge in [0.05, 0.1) is 7.11 Å². The van der Waals surface area contributed by atoms with E-state index in [4.69, 9.17) is 10.5 Å². The monoisotopic (exact) mass is 324 g/mol. The molecule has 4 nitrogen and oxygen atoms in total. The fourth-order valence-corrected chi connectivity index (χ4v) is 3.26. The molecule has 0 spiro atoms. The molecule has 0 bridgehead atoms. The Morgan fingerprint density at radius 3 is 2.42 bits per heavy atom. The maximum absolute atomic E-state index is 12.6. The van der Waals surface area contributed by atoms with Crippen LogP contribution in [-0.4, -0.2) is 26.1 Å². The summed E-state index contributed by atoms with van der Waals surface area (Å²) < 4.78 is 5.23. The first-order valence-electron chi connectivity index (χ1n) is 8.51. The van der Waals surface area contributed by atoms with E-state index in [1.165, 1.54) is 24.0 Å². The predicted octanol–water partition coefficient (Wildman–Crippen LogP) is 2.93. The summed E-state index contributed by atoms with van der Waals surface area (Å²) in [5.74, 6) is 0.755. The molecule has 0 saturated carbocycles. The van der Waals surface area contributed by atoms with Crippen LogP contribution in [-0.2, 0) is 12.8 Å². The molecule has 0 saturated heterocycles. The number of methoxy groups -OCH3 is 1. The van der Waals surface area contributed by atoms with Crippen molar-refractivity contribution in [3.63, 3.8) is 0 Å². The smallest absolute Gasteiger partial charge is 0.251 e. The number of amides is 1. The molecule has 2 aromatic carbocycles. The first-order chi connectivity index (χ1) is 11.7. The highest BCUT2D eigenvalue weighted by atomic mass is 16.5. The number of carbonyl (C=O) groups excluding carboxylic acids is 1. The van der Waals surface area contributed by atoms with Crippen molar-refractivity contribution in [3.05, 3.63) is 53.1 Å². The van der Waals surface area contributed by atoms with Crippen molar-refractivity contribution < 1.29 is 9.53 Å². The third kappa shape index (κ3) is 3.44. The normalized spacial score (nSPS) is 13.2. The molecule has 3 N–H and O–H groups in total. The molecular formula is C20H24N2O2. The van der Waals surface area contributed by atoms with E-state index in [2.05, 4.69) is 17.4 Å². The Balaban J connectivity index is 2.05. The molecule has 0 aromatic heterocycles. The van der Waals surface area contributed by atoms with Crippen molar-refractivity contribution in [2.75, 3.05) is 20.2 Å². The minimum absolute atomic E-state index is 0.0559. The van der Waals surface area contributed by atoms with E-state index < -0.39 is 0 Å². The number of carbonyl (C=O) groups is 1. The van der Waals surface area contributed by atoms with Crippen molar-refractivity contribution in [1.29, 1.82) is 0 Å². The van der Waals surface area contributed by atoms with Crippen LogP contribution >= 0.6 is 0 Å². The molecule has 126 valence electrons. The van der Waals surface area contributed by atoms with Gasteiger partial charge in [-0.15, -0.1) is 0 Å². The highest BCUT2D eigenvalue weighted by Crippen LogP contribution is 2.32. The molecule has 1 aliphatic carbocycles. The molecule has 2 aromatic rings. The van der Waals surface area contributed by atoms with E-state index in [1.807, 2.05) is 24.3 Å². The molecule has 4 heteroatoms. The fourth-order valence-electron chi connectivity index (χ4n) is 3.26. The van der Waals surface area contributed by atoms with E-state index in [0.717, 1.165) is 35.3 Å². The molecule has 1 aliphatic rings. The molecule has 0 heterocycles. The van der Waals surface area contributed by atoms with E-state index in [9.17, 15) is 4.79 Å². The fraction of sp³-hybridized carbons (Fsp3) is 0.350. The summed E-state index contributed by atoms with van der Waals surface area (Å²) in [4.78, 5) is 12.6. The molecule has 0 unspecified atom stereocenters. The van der Waals surface area contributed by atoms with Gasteiger partial charge >= 0.3 is 0 Å². The summed E-state index contributed by atoms with van der Waals surface area (Å²) in [6.45, 7) is 0.923. The Kier molecular flexibility index (Phi) is 5.16. The summed E-state index contributed by atoms with van der Waals surface area (Å²) in [5, 5.41) is 2.90. The van der Waals surface area contributed by atoms with E-state index >= 15 is 0 Å². The van der Waals surface area contributed by atoms with Gasteiger partial charge in [-0.1, -0.05) is 18.2 Å². The predicted molar refractivity (Wildman–Crippen MR) is 96.5 cm³/mol. The van der Waals surface area contributed by atoms with Crippen molar-refractivity contribution in [1.82, 2.24) is 5.32 Å². The second kappa shape index (κ2) is 7.49. The minimum Gasteiger partial charge on any atom is -0.497 e. The largest absolute Gasteiger partial charge is 0.497 e. The third-order valence-electron chi connectivity index (χ3n) is 4.56. The van der Waals surface area contributed by atoms with Gasteiger partial charge in [0.25, 0.3) is 5.91 Å². The van der Waals surface area contributed by atoms with Gasteiger partial charge in [-0.05, 0) is 66.1 Å².